The SMILES string of the molecule is C=NN(/C=C(\C)c1ccccc1)CC1CCCN1. The van der Waals surface area contributed by atoms with Crippen LogP contribution in [-0.2, 0) is 0 Å². The Morgan fingerprint density at radius 1 is 1.50 bits per heavy atom. The summed E-state index contributed by atoms with van der Waals surface area (Å²) in [5, 5.41) is 9.50. The number of rotatable bonds is 5. The van der Waals surface area contributed by atoms with E-state index in [0.717, 1.165) is 13.1 Å². The molecule has 0 bridgehead atoms. The topological polar surface area (TPSA) is 27.6 Å². The Kier molecular flexibility index (Phi) is 4.53. The number of nitrogens with zero attached hydrogens (tertiary/aromatic N) is 2. The fourth-order valence-corrected chi connectivity index (χ4v) is 2.29. The van der Waals surface area contributed by atoms with Crippen LogP contribution in [0.25, 0.3) is 5.57 Å². The van der Waals surface area contributed by atoms with Crippen molar-refractivity contribution in [2.45, 2.75) is 25.8 Å². The molecule has 1 aromatic carbocycles. The number of benzene rings is 1. The van der Waals surface area contributed by atoms with Crippen LogP contribution in [0.15, 0.2) is 41.6 Å². The molecular formula is C15H21N3. The zero-order chi connectivity index (χ0) is 12.8. The van der Waals surface area contributed by atoms with Crippen LogP contribution in [0.4, 0.5) is 0 Å². The summed E-state index contributed by atoms with van der Waals surface area (Å²) in [6.45, 7) is 7.78. The predicted molar refractivity (Wildman–Crippen MR) is 77.4 cm³/mol. The maximum Gasteiger partial charge on any atom is 0.0562 e. The van der Waals surface area contributed by atoms with Crippen molar-refractivity contribution in [3.63, 3.8) is 0 Å². The first kappa shape index (κ1) is 12.8. The average Bonchev–Trinajstić information content (AvgIpc) is 2.91. The third kappa shape index (κ3) is 3.44. The van der Waals surface area contributed by atoms with Crippen LogP contribution in [0.2, 0.25) is 0 Å². The van der Waals surface area contributed by atoms with Crippen molar-refractivity contribution < 1.29 is 0 Å². The highest BCUT2D eigenvalue weighted by Crippen LogP contribution is 2.15. The Balaban J connectivity index is 2.01. The molecule has 3 heteroatoms. The largest absolute Gasteiger partial charge is 0.312 e. The van der Waals surface area contributed by atoms with Gasteiger partial charge in [0.25, 0.3) is 0 Å². The molecule has 0 spiro atoms. The monoisotopic (exact) mass is 243 g/mol. The summed E-state index contributed by atoms with van der Waals surface area (Å²) >= 11 is 0. The van der Waals surface area contributed by atoms with Crippen LogP contribution >= 0.6 is 0 Å². The number of nitrogens with one attached hydrogen (secondary N) is 1. The van der Waals surface area contributed by atoms with Gasteiger partial charge in [0.05, 0.1) is 6.54 Å². The fraction of sp³-hybridized carbons (Fsp3) is 0.400. The minimum Gasteiger partial charge on any atom is -0.312 e. The first-order chi connectivity index (χ1) is 8.79. The van der Waals surface area contributed by atoms with Crippen molar-refractivity contribution in [2.24, 2.45) is 5.10 Å². The molecule has 18 heavy (non-hydrogen) atoms. The van der Waals surface area contributed by atoms with Gasteiger partial charge in [-0.2, -0.15) is 5.10 Å². The Hall–Kier alpha value is -1.61. The molecule has 0 radical (unpaired) electrons. The molecular weight excluding hydrogens is 222 g/mol. The van der Waals surface area contributed by atoms with Crippen LogP contribution in [-0.4, -0.2) is 30.9 Å². The second-order valence-corrected chi connectivity index (χ2v) is 4.73. The zero-order valence-electron chi connectivity index (χ0n) is 11.0. The molecule has 1 saturated heterocycles. The third-order valence-corrected chi connectivity index (χ3v) is 3.32. The second kappa shape index (κ2) is 6.36. The summed E-state index contributed by atoms with van der Waals surface area (Å²) in [4.78, 5) is 0. The molecule has 1 aliphatic heterocycles. The van der Waals surface area contributed by atoms with Crippen LogP contribution in [0.3, 0.4) is 0 Å². The number of allylic oxidation sites excluding steroid dienone is 1. The van der Waals surface area contributed by atoms with Gasteiger partial charge in [-0.1, -0.05) is 30.3 Å². The van der Waals surface area contributed by atoms with Gasteiger partial charge in [-0.15, -0.1) is 0 Å². The number of hydrazone groups is 1. The van der Waals surface area contributed by atoms with Gasteiger partial charge in [0.1, 0.15) is 0 Å². The normalized spacial score (nSPS) is 19.8. The van der Waals surface area contributed by atoms with Crippen LogP contribution in [0, 0.1) is 0 Å². The lowest BCUT2D eigenvalue weighted by Gasteiger charge is -2.19. The maximum absolute atomic E-state index is 4.08. The second-order valence-electron chi connectivity index (χ2n) is 4.73. The van der Waals surface area contributed by atoms with E-state index in [4.69, 9.17) is 0 Å². The molecule has 2 rings (SSSR count). The van der Waals surface area contributed by atoms with Gasteiger partial charge in [-0.05, 0) is 37.4 Å². The lowest BCUT2D eigenvalue weighted by Crippen LogP contribution is -2.32. The average molecular weight is 243 g/mol. The van der Waals surface area contributed by atoms with Gasteiger partial charge in [-0.25, -0.2) is 0 Å². The number of hydrogen-bond acceptors (Lipinski definition) is 3. The Morgan fingerprint density at radius 3 is 2.89 bits per heavy atom. The molecule has 3 nitrogen and oxygen atoms in total. The van der Waals surface area contributed by atoms with Crippen molar-refractivity contribution >= 4 is 12.3 Å². The van der Waals surface area contributed by atoms with Crippen LogP contribution < -0.4 is 5.32 Å². The molecule has 0 amide bonds. The van der Waals surface area contributed by atoms with Crippen molar-refractivity contribution in [1.82, 2.24) is 10.3 Å². The Labute approximate surface area is 109 Å². The van der Waals surface area contributed by atoms with E-state index < -0.39 is 0 Å². The van der Waals surface area contributed by atoms with E-state index in [1.807, 2.05) is 11.1 Å². The molecule has 96 valence electrons. The summed E-state index contributed by atoms with van der Waals surface area (Å²) < 4.78 is 0. The lowest BCUT2D eigenvalue weighted by atomic mass is 10.1. The molecule has 0 aromatic heterocycles. The predicted octanol–water partition coefficient (Wildman–Crippen LogP) is 2.72. The molecule has 1 aliphatic rings. The summed E-state index contributed by atoms with van der Waals surface area (Å²) in [6, 6.07) is 10.9. The van der Waals surface area contributed by atoms with E-state index in [0.29, 0.717) is 6.04 Å². The lowest BCUT2D eigenvalue weighted by molar-refractivity contribution is 0.354. The van der Waals surface area contributed by atoms with Gasteiger partial charge in [0.2, 0.25) is 0 Å². The smallest absolute Gasteiger partial charge is 0.0562 e. The van der Waals surface area contributed by atoms with Gasteiger partial charge in [0.15, 0.2) is 0 Å². The molecule has 1 atom stereocenters. The first-order valence-electron chi connectivity index (χ1n) is 6.50. The molecule has 0 saturated carbocycles. The van der Waals surface area contributed by atoms with E-state index in [1.165, 1.54) is 24.0 Å². The van der Waals surface area contributed by atoms with E-state index in [-0.39, 0.29) is 0 Å². The van der Waals surface area contributed by atoms with E-state index in [2.05, 4.69) is 54.5 Å². The standard InChI is InChI=1S/C15H21N3/c1-13(14-7-4-3-5-8-14)11-18(16-2)12-15-9-6-10-17-15/h3-5,7-8,11,15,17H,2,6,9-10,12H2,1H3/b13-11+. The summed E-state index contributed by atoms with van der Waals surface area (Å²) in [6.07, 6.45) is 4.56. The van der Waals surface area contributed by atoms with E-state index in [1.54, 1.807) is 0 Å². The molecule has 1 heterocycles. The number of hydrogen-bond donors (Lipinski definition) is 1. The van der Waals surface area contributed by atoms with Crippen molar-refractivity contribution in [2.75, 3.05) is 13.1 Å². The van der Waals surface area contributed by atoms with Crippen molar-refractivity contribution in [3.8, 4) is 0 Å². The highest BCUT2D eigenvalue weighted by Gasteiger charge is 2.15. The van der Waals surface area contributed by atoms with Gasteiger partial charge in [-0.3, -0.25) is 5.01 Å². The van der Waals surface area contributed by atoms with E-state index in [9.17, 15) is 0 Å². The third-order valence-electron chi connectivity index (χ3n) is 3.32. The first-order valence-corrected chi connectivity index (χ1v) is 6.50. The maximum atomic E-state index is 4.08. The highest BCUT2D eigenvalue weighted by molar-refractivity contribution is 5.63. The summed E-state index contributed by atoms with van der Waals surface area (Å²) in [7, 11) is 0. The minimum atomic E-state index is 0.537. The van der Waals surface area contributed by atoms with Crippen LogP contribution in [0.5, 0.6) is 0 Å². The van der Waals surface area contributed by atoms with E-state index >= 15 is 0 Å². The van der Waals surface area contributed by atoms with Gasteiger partial charge >= 0.3 is 0 Å². The molecule has 1 N–H and O–H groups in total. The van der Waals surface area contributed by atoms with Gasteiger partial charge < -0.3 is 5.32 Å². The minimum absolute atomic E-state index is 0.537. The van der Waals surface area contributed by atoms with Crippen LogP contribution in [0.1, 0.15) is 25.3 Å². The van der Waals surface area contributed by atoms with Crippen molar-refractivity contribution in [3.05, 3.63) is 42.1 Å². The molecule has 1 aromatic rings. The Bertz CT molecular complexity index is 405. The zero-order valence-corrected chi connectivity index (χ0v) is 11.0. The summed E-state index contributed by atoms with van der Waals surface area (Å²) in [5.74, 6) is 0. The molecule has 0 aliphatic carbocycles. The van der Waals surface area contributed by atoms with Gasteiger partial charge in [0, 0.05) is 19.0 Å². The highest BCUT2D eigenvalue weighted by atomic mass is 15.4. The van der Waals surface area contributed by atoms with Crippen molar-refractivity contribution in [1.29, 1.82) is 0 Å². The summed E-state index contributed by atoms with van der Waals surface area (Å²) in [5.41, 5.74) is 2.44. The molecule has 1 fully saturated rings. The Morgan fingerprint density at radius 2 is 2.28 bits per heavy atom. The fourth-order valence-electron chi connectivity index (χ4n) is 2.29. The molecule has 1 unspecified atom stereocenters. The quantitative estimate of drug-likeness (QED) is 0.636.